The monoisotopic (exact) mass is 399 g/mol. The number of pyridine rings is 1. The van der Waals surface area contributed by atoms with Crippen molar-refractivity contribution in [1.29, 1.82) is 0 Å². The molecular weight excluding hydrogens is 374 g/mol. The Balaban J connectivity index is 1.40. The second-order valence-electron chi connectivity index (χ2n) is 7.02. The van der Waals surface area contributed by atoms with Crippen LogP contribution in [0.5, 0.6) is 11.5 Å². The van der Waals surface area contributed by atoms with E-state index in [1.807, 2.05) is 17.0 Å². The van der Waals surface area contributed by atoms with Crippen LogP contribution in [-0.4, -0.2) is 62.1 Å². The molecular formula is C21H25N3O5. The van der Waals surface area contributed by atoms with Crippen molar-refractivity contribution < 1.29 is 23.7 Å². The van der Waals surface area contributed by atoms with E-state index >= 15 is 0 Å². The van der Waals surface area contributed by atoms with Gasteiger partial charge in [0.2, 0.25) is 0 Å². The molecule has 2 fully saturated rings. The van der Waals surface area contributed by atoms with Crippen molar-refractivity contribution in [2.24, 2.45) is 0 Å². The van der Waals surface area contributed by atoms with Gasteiger partial charge in [-0.05, 0) is 24.3 Å². The molecule has 0 radical (unpaired) electrons. The third-order valence-corrected chi connectivity index (χ3v) is 5.31. The van der Waals surface area contributed by atoms with E-state index in [0.717, 1.165) is 5.69 Å². The van der Waals surface area contributed by atoms with Crippen LogP contribution in [0.15, 0.2) is 36.5 Å². The molecule has 8 nitrogen and oxygen atoms in total. The summed E-state index contributed by atoms with van der Waals surface area (Å²) in [5, 5.41) is 3.20. The molecule has 2 aliphatic heterocycles. The average molecular weight is 399 g/mol. The number of carbonyl (C=O) groups excluding carboxylic acids is 1. The largest absolute Gasteiger partial charge is 0.497 e. The Bertz CT molecular complexity index is 855. The highest BCUT2D eigenvalue weighted by molar-refractivity contribution is 5.94. The maximum atomic E-state index is 12.8. The van der Waals surface area contributed by atoms with Gasteiger partial charge < -0.3 is 29.2 Å². The molecule has 0 atom stereocenters. The molecule has 1 aromatic heterocycles. The first kappa shape index (κ1) is 19.5. The molecule has 1 aromatic carbocycles. The number of rotatable bonds is 5. The number of benzene rings is 1. The van der Waals surface area contributed by atoms with Crippen LogP contribution in [0.4, 0.5) is 11.5 Å². The van der Waals surface area contributed by atoms with Gasteiger partial charge in [-0.25, -0.2) is 4.98 Å². The van der Waals surface area contributed by atoms with Gasteiger partial charge >= 0.3 is 0 Å². The lowest BCUT2D eigenvalue weighted by Gasteiger charge is -2.37. The fraction of sp³-hybridized carbons (Fsp3) is 0.429. The van der Waals surface area contributed by atoms with Gasteiger partial charge in [0.1, 0.15) is 17.3 Å². The van der Waals surface area contributed by atoms with Gasteiger partial charge in [-0.1, -0.05) is 0 Å². The van der Waals surface area contributed by atoms with Gasteiger partial charge in [-0.3, -0.25) is 4.79 Å². The van der Waals surface area contributed by atoms with Crippen molar-refractivity contribution in [2.45, 2.75) is 18.6 Å². The second kappa shape index (κ2) is 8.26. The summed E-state index contributed by atoms with van der Waals surface area (Å²) in [7, 11) is 3.20. The number of ether oxygens (including phenoxy) is 4. The fourth-order valence-corrected chi connectivity index (χ4v) is 3.65. The van der Waals surface area contributed by atoms with Crippen molar-refractivity contribution in [3.63, 3.8) is 0 Å². The van der Waals surface area contributed by atoms with Crippen LogP contribution >= 0.6 is 0 Å². The molecule has 0 saturated carbocycles. The molecule has 1 amide bonds. The van der Waals surface area contributed by atoms with Crippen LogP contribution < -0.4 is 14.8 Å². The van der Waals surface area contributed by atoms with E-state index in [1.165, 1.54) is 0 Å². The van der Waals surface area contributed by atoms with E-state index < -0.39 is 5.79 Å². The van der Waals surface area contributed by atoms with Crippen LogP contribution in [-0.2, 0) is 9.47 Å². The van der Waals surface area contributed by atoms with Gasteiger partial charge in [0.05, 0.1) is 38.7 Å². The molecule has 1 N–H and O–H groups in total. The number of aromatic nitrogens is 1. The molecule has 2 aromatic rings. The molecule has 1 spiro atoms. The average Bonchev–Trinajstić information content (AvgIpc) is 3.22. The summed E-state index contributed by atoms with van der Waals surface area (Å²) in [6.07, 6.45) is 2.99. The number of nitrogens with one attached hydrogen (secondary N) is 1. The Morgan fingerprint density at radius 2 is 1.86 bits per heavy atom. The highest BCUT2D eigenvalue weighted by atomic mass is 16.7. The molecule has 0 bridgehead atoms. The Morgan fingerprint density at radius 1 is 1.10 bits per heavy atom. The molecule has 2 aliphatic rings. The third kappa shape index (κ3) is 4.13. The van der Waals surface area contributed by atoms with Crippen molar-refractivity contribution in [3.05, 3.63) is 42.1 Å². The van der Waals surface area contributed by atoms with Crippen molar-refractivity contribution in [1.82, 2.24) is 9.88 Å². The zero-order chi connectivity index (χ0) is 20.3. The van der Waals surface area contributed by atoms with Gasteiger partial charge in [0, 0.05) is 38.2 Å². The van der Waals surface area contributed by atoms with Crippen LogP contribution in [0, 0.1) is 0 Å². The minimum Gasteiger partial charge on any atom is -0.497 e. The van der Waals surface area contributed by atoms with E-state index in [0.29, 0.717) is 62.0 Å². The SMILES string of the molecule is COc1ccc(Nc2ccc(C(=O)N3CCC4(CC3)OCCO4)cn2)c(OC)c1. The van der Waals surface area contributed by atoms with Gasteiger partial charge in [0.15, 0.2) is 5.79 Å². The predicted molar refractivity (Wildman–Crippen MR) is 107 cm³/mol. The van der Waals surface area contributed by atoms with Crippen LogP contribution in [0.2, 0.25) is 0 Å². The number of piperidine rings is 1. The number of carbonyl (C=O) groups is 1. The summed E-state index contributed by atoms with van der Waals surface area (Å²) in [5.74, 6) is 1.46. The van der Waals surface area contributed by atoms with Gasteiger partial charge in [-0.15, -0.1) is 0 Å². The molecule has 3 heterocycles. The number of amides is 1. The third-order valence-electron chi connectivity index (χ3n) is 5.31. The van der Waals surface area contributed by atoms with Gasteiger partial charge in [0.25, 0.3) is 5.91 Å². The zero-order valence-corrected chi connectivity index (χ0v) is 16.6. The summed E-state index contributed by atoms with van der Waals surface area (Å²) in [6.45, 7) is 2.49. The lowest BCUT2D eigenvalue weighted by atomic mass is 10.0. The molecule has 0 aliphatic carbocycles. The summed E-state index contributed by atoms with van der Waals surface area (Å²) < 4.78 is 22.0. The normalized spacial score (nSPS) is 17.9. The van der Waals surface area contributed by atoms with E-state index in [9.17, 15) is 4.79 Å². The quantitative estimate of drug-likeness (QED) is 0.828. The van der Waals surface area contributed by atoms with Crippen molar-refractivity contribution in [3.8, 4) is 11.5 Å². The van der Waals surface area contributed by atoms with E-state index in [2.05, 4.69) is 10.3 Å². The highest BCUT2D eigenvalue weighted by Gasteiger charge is 2.40. The maximum absolute atomic E-state index is 12.8. The number of hydrogen-bond donors (Lipinski definition) is 1. The van der Waals surface area contributed by atoms with E-state index in [1.54, 1.807) is 38.6 Å². The minimum atomic E-state index is -0.486. The Morgan fingerprint density at radius 3 is 2.48 bits per heavy atom. The lowest BCUT2D eigenvalue weighted by Crippen LogP contribution is -2.47. The first-order valence-corrected chi connectivity index (χ1v) is 9.65. The summed E-state index contributed by atoms with van der Waals surface area (Å²) in [6, 6.07) is 9.05. The summed E-state index contributed by atoms with van der Waals surface area (Å²) >= 11 is 0. The molecule has 0 unspecified atom stereocenters. The van der Waals surface area contributed by atoms with E-state index in [-0.39, 0.29) is 5.91 Å². The van der Waals surface area contributed by atoms with Crippen LogP contribution in [0.25, 0.3) is 0 Å². The number of anilines is 2. The Kier molecular flexibility index (Phi) is 5.55. The second-order valence-corrected chi connectivity index (χ2v) is 7.02. The molecule has 4 rings (SSSR count). The molecule has 154 valence electrons. The van der Waals surface area contributed by atoms with Crippen LogP contribution in [0.3, 0.4) is 0 Å². The Labute approximate surface area is 169 Å². The molecule has 29 heavy (non-hydrogen) atoms. The number of likely N-dealkylation sites (tertiary alicyclic amines) is 1. The number of hydrogen-bond acceptors (Lipinski definition) is 7. The molecule has 2 saturated heterocycles. The van der Waals surface area contributed by atoms with E-state index in [4.69, 9.17) is 18.9 Å². The smallest absolute Gasteiger partial charge is 0.255 e. The highest BCUT2D eigenvalue weighted by Crippen LogP contribution is 2.32. The lowest BCUT2D eigenvalue weighted by molar-refractivity contribution is -0.181. The maximum Gasteiger partial charge on any atom is 0.255 e. The fourth-order valence-electron chi connectivity index (χ4n) is 3.65. The topological polar surface area (TPSA) is 82.2 Å². The first-order chi connectivity index (χ1) is 14.1. The minimum absolute atomic E-state index is 0.0288. The standard InChI is InChI=1S/C21H25N3O5/c1-26-16-4-5-17(18(13-16)27-2)23-19-6-3-15(14-22-19)20(25)24-9-7-21(8-10-24)28-11-12-29-21/h3-6,13-14H,7-12H2,1-2H3,(H,22,23). The van der Waals surface area contributed by atoms with Crippen molar-refractivity contribution in [2.75, 3.05) is 45.8 Å². The van der Waals surface area contributed by atoms with Gasteiger partial charge in [-0.2, -0.15) is 0 Å². The van der Waals surface area contributed by atoms with Crippen molar-refractivity contribution >= 4 is 17.4 Å². The Hall–Kier alpha value is -2.84. The summed E-state index contributed by atoms with van der Waals surface area (Å²) in [4.78, 5) is 19.0. The predicted octanol–water partition coefficient (Wildman–Crippen LogP) is 2.82. The zero-order valence-electron chi connectivity index (χ0n) is 16.6. The first-order valence-electron chi connectivity index (χ1n) is 9.65. The number of nitrogens with zero attached hydrogens (tertiary/aromatic N) is 2. The number of methoxy groups -OCH3 is 2. The summed E-state index contributed by atoms with van der Waals surface area (Å²) in [5.41, 5.74) is 1.32. The van der Waals surface area contributed by atoms with Crippen LogP contribution in [0.1, 0.15) is 23.2 Å². The molecule has 8 heteroatoms.